The van der Waals surface area contributed by atoms with Crippen LogP contribution in [0, 0.1) is 0 Å². The molecule has 0 aromatic rings. The van der Waals surface area contributed by atoms with Gasteiger partial charge in [0.15, 0.2) is 0 Å². The second kappa shape index (κ2) is 12.0. The Morgan fingerprint density at radius 1 is 1.25 bits per heavy atom. The Hall–Kier alpha value is -1.40. The minimum Gasteiger partial charge on any atom is -0.478 e. The van der Waals surface area contributed by atoms with Crippen molar-refractivity contribution < 1.29 is 24.2 Å². The van der Waals surface area contributed by atoms with Crippen LogP contribution >= 0.6 is 0 Å². The SMILES string of the molecule is CCCCC(C)OC(=O)/C(=C/C(=O)O)CCCCN1CCOCC1. The van der Waals surface area contributed by atoms with Crippen molar-refractivity contribution in [3.05, 3.63) is 11.6 Å². The molecule has 138 valence electrons. The van der Waals surface area contributed by atoms with Gasteiger partial charge in [0.1, 0.15) is 0 Å². The first-order valence-corrected chi connectivity index (χ1v) is 8.97. The van der Waals surface area contributed by atoms with Gasteiger partial charge in [0.25, 0.3) is 0 Å². The molecule has 6 heteroatoms. The molecular weight excluding hydrogens is 310 g/mol. The first kappa shape index (κ1) is 20.6. The lowest BCUT2D eigenvalue weighted by Gasteiger charge is -2.26. The van der Waals surface area contributed by atoms with E-state index in [0.29, 0.717) is 6.42 Å². The summed E-state index contributed by atoms with van der Waals surface area (Å²) in [5, 5.41) is 8.96. The molecule has 0 aromatic heterocycles. The number of carboxylic acids is 1. The molecule has 0 bridgehead atoms. The third-order valence-electron chi connectivity index (χ3n) is 4.11. The Kier molecular flexibility index (Phi) is 10.4. The number of morpholine rings is 1. The van der Waals surface area contributed by atoms with E-state index in [1.54, 1.807) is 0 Å². The summed E-state index contributed by atoms with van der Waals surface area (Å²) in [6.45, 7) is 8.30. The van der Waals surface area contributed by atoms with E-state index in [0.717, 1.165) is 71.0 Å². The molecule has 0 amide bonds. The lowest BCUT2D eigenvalue weighted by molar-refractivity contribution is -0.144. The van der Waals surface area contributed by atoms with Crippen molar-refractivity contribution >= 4 is 11.9 Å². The number of hydrogen-bond donors (Lipinski definition) is 1. The largest absolute Gasteiger partial charge is 0.478 e. The molecule has 24 heavy (non-hydrogen) atoms. The van der Waals surface area contributed by atoms with Crippen LogP contribution in [0.2, 0.25) is 0 Å². The molecule has 6 nitrogen and oxygen atoms in total. The highest BCUT2D eigenvalue weighted by atomic mass is 16.5. The first-order chi connectivity index (χ1) is 11.5. The van der Waals surface area contributed by atoms with Crippen molar-refractivity contribution in [2.45, 2.75) is 58.5 Å². The predicted molar refractivity (Wildman–Crippen MR) is 91.9 cm³/mol. The van der Waals surface area contributed by atoms with Gasteiger partial charge in [-0.25, -0.2) is 9.59 Å². The lowest BCUT2D eigenvalue weighted by Crippen LogP contribution is -2.36. The van der Waals surface area contributed by atoms with Gasteiger partial charge in [0.05, 0.1) is 19.3 Å². The Morgan fingerprint density at radius 3 is 2.58 bits per heavy atom. The van der Waals surface area contributed by atoms with Gasteiger partial charge in [-0.05, 0) is 39.2 Å². The molecule has 1 fully saturated rings. The highest BCUT2D eigenvalue weighted by Gasteiger charge is 2.16. The number of ether oxygens (including phenoxy) is 2. The summed E-state index contributed by atoms with van der Waals surface area (Å²) in [6.07, 6.45) is 5.79. The van der Waals surface area contributed by atoms with E-state index in [-0.39, 0.29) is 11.7 Å². The molecule has 1 unspecified atom stereocenters. The Morgan fingerprint density at radius 2 is 1.96 bits per heavy atom. The topological polar surface area (TPSA) is 76.1 Å². The van der Waals surface area contributed by atoms with Gasteiger partial charge in [-0.15, -0.1) is 0 Å². The fourth-order valence-corrected chi connectivity index (χ4v) is 2.67. The van der Waals surface area contributed by atoms with Crippen molar-refractivity contribution in [3.63, 3.8) is 0 Å². The fourth-order valence-electron chi connectivity index (χ4n) is 2.67. The summed E-state index contributed by atoms with van der Waals surface area (Å²) in [5.41, 5.74) is 0.257. The molecule has 1 rings (SSSR count). The standard InChI is InChI=1S/C18H31NO5/c1-3-4-7-15(2)24-18(22)16(14-17(20)21)8-5-6-9-19-10-12-23-13-11-19/h14-15H,3-13H2,1-2H3,(H,20,21)/b16-14+. The monoisotopic (exact) mass is 341 g/mol. The maximum Gasteiger partial charge on any atom is 0.334 e. The summed E-state index contributed by atoms with van der Waals surface area (Å²) in [7, 11) is 0. The molecule has 1 heterocycles. The van der Waals surface area contributed by atoms with Gasteiger partial charge < -0.3 is 14.6 Å². The van der Waals surface area contributed by atoms with Crippen molar-refractivity contribution in [1.29, 1.82) is 0 Å². The maximum atomic E-state index is 12.2. The van der Waals surface area contributed by atoms with Gasteiger partial charge in [0.2, 0.25) is 0 Å². The average Bonchev–Trinajstić information content (AvgIpc) is 2.56. The van der Waals surface area contributed by atoms with E-state index in [4.69, 9.17) is 14.6 Å². The average molecular weight is 341 g/mol. The smallest absolute Gasteiger partial charge is 0.334 e. The number of hydrogen-bond acceptors (Lipinski definition) is 5. The second-order valence-electron chi connectivity index (χ2n) is 6.28. The van der Waals surface area contributed by atoms with Crippen LogP contribution in [0.25, 0.3) is 0 Å². The van der Waals surface area contributed by atoms with Crippen LogP contribution in [0.5, 0.6) is 0 Å². The van der Waals surface area contributed by atoms with E-state index in [9.17, 15) is 9.59 Å². The Bertz CT molecular complexity index is 416. The molecule has 0 saturated carbocycles. The summed E-state index contributed by atoms with van der Waals surface area (Å²) < 4.78 is 10.7. The molecule has 1 atom stereocenters. The van der Waals surface area contributed by atoms with Crippen molar-refractivity contribution in [2.75, 3.05) is 32.8 Å². The van der Waals surface area contributed by atoms with Gasteiger partial charge in [-0.3, -0.25) is 4.90 Å². The lowest BCUT2D eigenvalue weighted by atomic mass is 10.1. The maximum absolute atomic E-state index is 12.2. The first-order valence-electron chi connectivity index (χ1n) is 8.97. The van der Waals surface area contributed by atoms with Crippen LogP contribution in [0.1, 0.15) is 52.4 Å². The van der Waals surface area contributed by atoms with Crippen molar-refractivity contribution in [3.8, 4) is 0 Å². The molecule has 0 radical (unpaired) electrons. The molecule has 1 saturated heterocycles. The van der Waals surface area contributed by atoms with Gasteiger partial charge in [0, 0.05) is 24.7 Å². The van der Waals surface area contributed by atoms with Crippen LogP contribution in [0.3, 0.4) is 0 Å². The molecule has 0 spiro atoms. The second-order valence-corrected chi connectivity index (χ2v) is 6.28. The van der Waals surface area contributed by atoms with Crippen LogP contribution in [-0.4, -0.2) is 60.9 Å². The zero-order chi connectivity index (χ0) is 17.8. The molecule has 1 N–H and O–H groups in total. The van der Waals surface area contributed by atoms with E-state index in [1.165, 1.54) is 0 Å². The summed E-state index contributed by atoms with van der Waals surface area (Å²) in [6, 6.07) is 0. The number of carbonyl (C=O) groups excluding carboxylic acids is 1. The quantitative estimate of drug-likeness (QED) is 0.354. The third-order valence-corrected chi connectivity index (χ3v) is 4.11. The van der Waals surface area contributed by atoms with Crippen LogP contribution < -0.4 is 0 Å². The molecule has 0 aromatic carbocycles. The number of unbranched alkanes of at least 4 members (excludes halogenated alkanes) is 2. The van der Waals surface area contributed by atoms with Crippen LogP contribution in [0.15, 0.2) is 11.6 Å². The highest BCUT2D eigenvalue weighted by Crippen LogP contribution is 2.14. The minimum atomic E-state index is -1.10. The number of aliphatic carboxylic acids is 1. The number of nitrogens with zero attached hydrogens (tertiary/aromatic N) is 1. The molecule has 0 aliphatic carbocycles. The van der Waals surface area contributed by atoms with E-state index in [2.05, 4.69) is 11.8 Å². The summed E-state index contributed by atoms with van der Waals surface area (Å²) in [5.74, 6) is -1.59. The zero-order valence-electron chi connectivity index (χ0n) is 15.0. The van der Waals surface area contributed by atoms with Gasteiger partial charge in [-0.2, -0.15) is 0 Å². The van der Waals surface area contributed by atoms with Crippen molar-refractivity contribution in [1.82, 2.24) is 4.90 Å². The number of esters is 1. The number of rotatable bonds is 11. The minimum absolute atomic E-state index is 0.178. The summed E-state index contributed by atoms with van der Waals surface area (Å²) in [4.78, 5) is 25.4. The Balaban J connectivity index is 2.38. The molecule has 1 aliphatic rings. The highest BCUT2D eigenvalue weighted by molar-refractivity contribution is 5.95. The normalized spacial score (nSPS) is 17.5. The van der Waals surface area contributed by atoms with Crippen molar-refractivity contribution in [2.24, 2.45) is 0 Å². The van der Waals surface area contributed by atoms with E-state index >= 15 is 0 Å². The van der Waals surface area contributed by atoms with Gasteiger partial charge >= 0.3 is 11.9 Å². The van der Waals surface area contributed by atoms with Gasteiger partial charge in [-0.1, -0.05) is 19.8 Å². The summed E-state index contributed by atoms with van der Waals surface area (Å²) >= 11 is 0. The molecule has 1 aliphatic heterocycles. The number of carbonyl (C=O) groups is 2. The fraction of sp³-hybridized carbons (Fsp3) is 0.778. The zero-order valence-corrected chi connectivity index (χ0v) is 15.0. The third kappa shape index (κ3) is 9.03. The van der Waals surface area contributed by atoms with E-state index in [1.807, 2.05) is 6.92 Å². The molecular formula is C18H31NO5. The Labute approximate surface area is 144 Å². The van der Waals surface area contributed by atoms with Crippen LogP contribution in [0.4, 0.5) is 0 Å². The predicted octanol–water partition coefficient (Wildman–Crippen LogP) is 2.62. The van der Waals surface area contributed by atoms with Crippen LogP contribution in [-0.2, 0) is 19.1 Å². The number of carboxylic acid groups (broad SMARTS) is 1. The van der Waals surface area contributed by atoms with E-state index < -0.39 is 11.9 Å².